The van der Waals surface area contributed by atoms with E-state index in [-0.39, 0.29) is 0 Å². The molecule has 20 heavy (non-hydrogen) atoms. The van der Waals surface area contributed by atoms with E-state index in [2.05, 4.69) is 53.8 Å². The van der Waals surface area contributed by atoms with Crippen molar-refractivity contribution in [2.45, 2.75) is 50.0 Å². The molecular weight excluding hydrogens is 268 g/mol. The summed E-state index contributed by atoms with van der Waals surface area (Å²) >= 11 is 2.08. The van der Waals surface area contributed by atoms with E-state index in [1.165, 1.54) is 12.8 Å². The van der Waals surface area contributed by atoms with Crippen LogP contribution < -0.4 is 10.2 Å². The van der Waals surface area contributed by atoms with Crippen molar-refractivity contribution in [1.82, 2.24) is 9.97 Å². The van der Waals surface area contributed by atoms with Gasteiger partial charge in [0.2, 0.25) is 0 Å². The van der Waals surface area contributed by atoms with Gasteiger partial charge in [0.1, 0.15) is 17.5 Å². The van der Waals surface area contributed by atoms with Crippen LogP contribution in [0.25, 0.3) is 0 Å². The lowest BCUT2D eigenvalue weighted by atomic mass is 10.3. The summed E-state index contributed by atoms with van der Waals surface area (Å²) in [6.45, 7) is 9.80. The molecule has 2 fully saturated rings. The zero-order valence-corrected chi connectivity index (χ0v) is 13.4. The number of hydrogen-bond acceptors (Lipinski definition) is 5. The first-order valence-corrected chi connectivity index (χ1v) is 8.63. The highest BCUT2D eigenvalue weighted by Crippen LogP contribution is 2.39. The van der Waals surface area contributed by atoms with Crippen molar-refractivity contribution >= 4 is 23.4 Å². The van der Waals surface area contributed by atoms with Crippen LogP contribution in [-0.2, 0) is 0 Å². The summed E-state index contributed by atoms with van der Waals surface area (Å²) in [4.78, 5) is 11.9. The van der Waals surface area contributed by atoms with Gasteiger partial charge in [-0.25, -0.2) is 9.97 Å². The van der Waals surface area contributed by atoms with Crippen LogP contribution in [0.3, 0.4) is 0 Å². The third kappa shape index (κ3) is 3.19. The maximum atomic E-state index is 4.84. The van der Waals surface area contributed by atoms with Crippen molar-refractivity contribution in [3.63, 3.8) is 0 Å². The van der Waals surface area contributed by atoms with Gasteiger partial charge >= 0.3 is 0 Å². The molecular formula is C15H24N4S. The molecule has 2 atom stereocenters. The topological polar surface area (TPSA) is 41.0 Å². The Morgan fingerprint density at radius 1 is 1.25 bits per heavy atom. The number of aromatic nitrogens is 2. The molecule has 1 aliphatic carbocycles. The van der Waals surface area contributed by atoms with E-state index < -0.39 is 0 Å². The molecule has 1 N–H and O–H groups in total. The Labute approximate surface area is 125 Å². The van der Waals surface area contributed by atoms with Crippen LogP contribution >= 0.6 is 11.8 Å². The highest BCUT2D eigenvalue weighted by Gasteiger charge is 2.29. The summed E-state index contributed by atoms with van der Waals surface area (Å²) in [5.41, 5.74) is 0. The van der Waals surface area contributed by atoms with Gasteiger partial charge in [0.15, 0.2) is 0 Å². The molecule has 3 rings (SSSR count). The quantitative estimate of drug-likeness (QED) is 0.923. The van der Waals surface area contributed by atoms with Gasteiger partial charge in [-0.1, -0.05) is 13.8 Å². The minimum atomic E-state index is 0.598. The highest BCUT2D eigenvalue weighted by atomic mass is 32.2. The first-order chi connectivity index (χ1) is 9.65. The minimum Gasteiger partial charge on any atom is -0.370 e. The molecule has 1 aromatic heterocycles. The van der Waals surface area contributed by atoms with E-state index in [0.29, 0.717) is 16.4 Å². The van der Waals surface area contributed by atoms with Crippen LogP contribution in [0, 0.1) is 0 Å². The van der Waals surface area contributed by atoms with Crippen molar-refractivity contribution in [3.8, 4) is 0 Å². The molecule has 1 aliphatic heterocycles. The van der Waals surface area contributed by atoms with E-state index in [1.54, 1.807) is 0 Å². The molecule has 1 aromatic rings. The lowest BCUT2D eigenvalue weighted by molar-refractivity contribution is 0.712. The molecule has 110 valence electrons. The normalized spacial score (nSPS) is 26.6. The molecule has 5 heteroatoms. The van der Waals surface area contributed by atoms with Crippen molar-refractivity contribution < 1.29 is 0 Å². The van der Waals surface area contributed by atoms with Crippen LogP contribution in [0.4, 0.5) is 11.6 Å². The molecule has 0 spiro atoms. The average molecular weight is 292 g/mol. The Morgan fingerprint density at radius 3 is 2.55 bits per heavy atom. The Balaban J connectivity index is 1.86. The van der Waals surface area contributed by atoms with Crippen LogP contribution in [0.5, 0.6) is 0 Å². The summed E-state index contributed by atoms with van der Waals surface area (Å²) in [6, 6.07) is 2.12. The molecule has 0 amide bonds. The number of rotatable bonds is 4. The predicted molar refractivity (Wildman–Crippen MR) is 86.9 cm³/mol. The van der Waals surface area contributed by atoms with Crippen LogP contribution in [0.15, 0.2) is 6.07 Å². The fraction of sp³-hybridized carbons (Fsp3) is 0.733. The Morgan fingerprint density at radius 2 is 1.95 bits per heavy atom. The van der Waals surface area contributed by atoms with E-state index in [1.807, 2.05) is 0 Å². The van der Waals surface area contributed by atoms with Crippen molar-refractivity contribution in [2.75, 3.05) is 29.9 Å². The molecule has 0 radical (unpaired) electrons. The predicted octanol–water partition coefficient (Wildman–Crippen LogP) is 3.12. The second-order valence-corrected chi connectivity index (χ2v) is 7.82. The number of nitrogens with one attached hydrogen (secondary N) is 1. The lowest BCUT2D eigenvalue weighted by Gasteiger charge is -2.35. The summed E-state index contributed by atoms with van der Waals surface area (Å²) in [5, 5.41) is 4.68. The third-order valence-electron chi connectivity index (χ3n) is 3.77. The van der Waals surface area contributed by atoms with E-state index in [4.69, 9.17) is 4.98 Å². The second kappa shape index (κ2) is 5.80. The van der Waals surface area contributed by atoms with E-state index in [9.17, 15) is 0 Å². The van der Waals surface area contributed by atoms with Crippen LogP contribution in [-0.4, -0.2) is 40.1 Å². The Hall–Kier alpha value is -0.970. The highest BCUT2D eigenvalue weighted by molar-refractivity contribution is 8.00. The maximum absolute atomic E-state index is 4.84. The summed E-state index contributed by atoms with van der Waals surface area (Å²) in [7, 11) is 0. The van der Waals surface area contributed by atoms with Crippen LogP contribution in [0.1, 0.15) is 45.4 Å². The number of nitrogens with zero attached hydrogens (tertiary/aromatic N) is 3. The Bertz CT molecular complexity index is 465. The van der Waals surface area contributed by atoms with Crippen LogP contribution in [0.2, 0.25) is 0 Å². The molecule has 4 nitrogen and oxygen atoms in total. The van der Waals surface area contributed by atoms with E-state index >= 15 is 0 Å². The first-order valence-electron chi connectivity index (χ1n) is 7.69. The molecule has 2 heterocycles. The van der Waals surface area contributed by atoms with Gasteiger partial charge in [0.25, 0.3) is 0 Å². The van der Waals surface area contributed by atoms with Gasteiger partial charge in [-0.05, 0) is 19.8 Å². The van der Waals surface area contributed by atoms with Gasteiger partial charge < -0.3 is 10.2 Å². The second-order valence-electron chi connectivity index (χ2n) is 5.94. The van der Waals surface area contributed by atoms with Crippen molar-refractivity contribution in [3.05, 3.63) is 11.9 Å². The van der Waals surface area contributed by atoms with Gasteiger partial charge in [-0.15, -0.1) is 0 Å². The SMILES string of the molecule is CCNc1cc(N2CC(C)SC(C)C2)nc(C2CC2)n1. The molecule has 0 aromatic carbocycles. The van der Waals surface area contributed by atoms with Crippen molar-refractivity contribution in [2.24, 2.45) is 0 Å². The van der Waals surface area contributed by atoms with Crippen molar-refractivity contribution in [1.29, 1.82) is 0 Å². The molecule has 2 aliphatic rings. The number of hydrogen-bond donors (Lipinski definition) is 1. The van der Waals surface area contributed by atoms with Gasteiger partial charge in [0.05, 0.1) is 0 Å². The molecule has 1 saturated carbocycles. The minimum absolute atomic E-state index is 0.598. The smallest absolute Gasteiger partial charge is 0.136 e. The van der Waals surface area contributed by atoms with Gasteiger partial charge in [-0.3, -0.25) is 0 Å². The fourth-order valence-electron chi connectivity index (χ4n) is 2.78. The fourth-order valence-corrected chi connectivity index (χ4v) is 4.10. The Kier molecular flexibility index (Phi) is 4.06. The van der Waals surface area contributed by atoms with Gasteiger partial charge in [-0.2, -0.15) is 11.8 Å². The summed E-state index contributed by atoms with van der Waals surface area (Å²) in [5.74, 6) is 3.73. The monoisotopic (exact) mass is 292 g/mol. The average Bonchev–Trinajstić information content (AvgIpc) is 3.22. The molecule has 1 saturated heterocycles. The van der Waals surface area contributed by atoms with Gasteiger partial charge in [0, 0.05) is 42.1 Å². The zero-order chi connectivity index (χ0) is 14.1. The van der Waals surface area contributed by atoms with E-state index in [0.717, 1.165) is 37.1 Å². The number of thioether (sulfide) groups is 1. The maximum Gasteiger partial charge on any atom is 0.136 e. The summed E-state index contributed by atoms with van der Waals surface area (Å²) < 4.78 is 0. The summed E-state index contributed by atoms with van der Waals surface area (Å²) in [6.07, 6.45) is 2.50. The molecule has 0 bridgehead atoms. The third-order valence-corrected chi connectivity index (χ3v) is 5.00. The molecule has 2 unspecified atom stereocenters. The zero-order valence-electron chi connectivity index (χ0n) is 12.6. The lowest BCUT2D eigenvalue weighted by Crippen LogP contribution is -2.41. The largest absolute Gasteiger partial charge is 0.370 e. The standard InChI is InChI=1S/C15H24N4S/c1-4-16-13-7-14(18-15(17-13)12-5-6-12)19-8-10(2)20-11(3)9-19/h7,10-12H,4-6,8-9H2,1-3H3,(H,16,17,18). The first kappa shape index (κ1) is 14.0. The number of anilines is 2.